The Labute approximate surface area is 593 Å². The maximum absolute atomic E-state index is 13.1. The van der Waals surface area contributed by atoms with Crippen molar-refractivity contribution in [3.8, 4) is 0 Å². The Hall–Kier alpha value is -4.54. The number of carbonyl (C=O) groups excluding carboxylic acids is 4. The molecule has 17 nitrogen and oxygen atoms in total. The standard InChI is InChI=1S/C79H134O17P2/c1-5-9-13-17-21-25-29-32-35-36-39-41-45-48-52-56-60-64-77(82)90-70-75(96-79(84)66-62-58-54-50-46-42-38-34-31-27-23-19-15-11-7-3)72-94-98(87,88)92-68-73(80)67-91-97(85,86)93-71-74(95-78(83)65-61-57-53-49-43-28-24-20-16-12-8-4)69-89-76(81)63-59-55-51-47-44-40-37-33-30-26-22-18-14-10-6-2/h9,11,13,15,20-21,23-25,27,32-35,37-39,41,48,52,73-75,80H,5-8,10,12,14,16-19,22,26,28-31,36,40,42-47,49-51,53-72H2,1-4H3,(H,85,86)(H,87,88)/b13-9-,15-11-,24-20-,25-21-,27-23-,35-32-,37-33-,38-34-,41-39-,52-48-. The zero-order valence-corrected chi connectivity index (χ0v) is 63.0. The number of aliphatic hydroxyl groups excluding tert-OH is 1. The lowest BCUT2D eigenvalue weighted by molar-refractivity contribution is -0.161. The number of hydrogen-bond donors (Lipinski definition) is 3. The monoisotopic (exact) mass is 1420 g/mol. The van der Waals surface area contributed by atoms with Gasteiger partial charge in [-0.3, -0.25) is 37.3 Å². The fourth-order valence-corrected chi connectivity index (χ4v) is 11.2. The van der Waals surface area contributed by atoms with Gasteiger partial charge in [0.25, 0.3) is 0 Å². The molecule has 0 aliphatic rings. The van der Waals surface area contributed by atoms with E-state index in [1.807, 2.05) is 12.2 Å². The second kappa shape index (κ2) is 70.9. The largest absolute Gasteiger partial charge is 0.472 e. The first-order chi connectivity index (χ1) is 47.7. The van der Waals surface area contributed by atoms with Crippen LogP contribution in [0.2, 0.25) is 0 Å². The van der Waals surface area contributed by atoms with Crippen LogP contribution in [0.3, 0.4) is 0 Å². The summed E-state index contributed by atoms with van der Waals surface area (Å²) in [6, 6.07) is 0. The van der Waals surface area contributed by atoms with Crippen molar-refractivity contribution >= 4 is 39.5 Å². The van der Waals surface area contributed by atoms with Gasteiger partial charge in [-0.05, 0) is 141 Å². The van der Waals surface area contributed by atoms with Crippen LogP contribution < -0.4 is 0 Å². The number of carbonyl (C=O) groups is 4. The molecule has 0 heterocycles. The van der Waals surface area contributed by atoms with E-state index >= 15 is 0 Å². The summed E-state index contributed by atoms with van der Waals surface area (Å²) in [6.45, 7) is 4.50. The van der Waals surface area contributed by atoms with Crippen LogP contribution in [0.15, 0.2) is 122 Å². The number of ether oxygens (including phenoxy) is 4. The Balaban J connectivity index is 5.40. The maximum Gasteiger partial charge on any atom is 0.472 e. The summed E-state index contributed by atoms with van der Waals surface area (Å²) < 4.78 is 68.3. The van der Waals surface area contributed by atoms with Crippen molar-refractivity contribution in [1.82, 2.24) is 0 Å². The van der Waals surface area contributed by atoms with Gasteiger partial charge >= 0.3 is 39.5 Å². The van der Waals surface area contributed by atoms with Crippen molar-refractivity contribution in [1.29, 1.82) is 0 Å². The number of hydrogen-bond acceptors (Lipinski definition) is 15. The van der Waals surface area contributed by atoms with Gasteiger partial charge in [0.05, 0.1) is 26.4 Å². The van der Waals surface area contributed by atoms with E-state index in [9.17, 15) is 43.2 Å². The van der Waals surface area contributed by atoms with Gasteiger partial charge in [0, 0.05) is 25.7 Å². The minimum Gasteiger partial charge on any atom is -0.462 e. The molecule has 0 fully saturated rings. The van der Waals surface area contributed by atoms with E-state index < -0.39 is 97.5 Å². The van der Waals surface area contributed by atoms with Crippen molar-refractivity contribution < 1.29 is 80.2 Å². The average Bonchev–Trinajstić information content (AvgIpc) is 0.986. The molecule has 0 aliphatic carbocycles. The van der Waals surface area contributed by atoms with Crippen LogP contribution in [-0.2, 0) is 65.4 Å². The molecule has 0 rings (SSSR count). The molecule has 5 unspecified atom stereocenters. The van der Waals surface area contributed by atoms with Gasteiger partial charge in [0.15, 0.2) is 12.2 Å². The van der Waals surface area contributed by atoms with E-state index in [1.165, 1.54) is 51.4 Å². The molecular formula is C79H134O17P2. The molecule has 0 spiro atoms. The first-order valence-electron chi connectivity index (χ1n) is 37.8. The molecule has 98 heavy (non-hydrogen) atoms. The van der Waals surface area contributed by atoms with E-state index in [2.05, 4.69) is 137 Å². The summed E-state index contributed by atoms with van der Waals surface area (Å²) in [5.74, 6) is -2.28. The van der Waals surface area contributed by atoms with Crippen LogP contribution in [0, 0.1) is 0 Å². The van der Waals surface area contributed by atoms with E-state index in [0.29, 0.717) is 32.1 Å². The molecule has 0 aromatic heterocycles. The predicted molar refractivity (Wildman–Crippen MR) is 399 cm³/mol. The molecule has 0 radical (unpaired) electrons. The molecule has 562 valence electrons. The highest BCUT2D eigenvalue weighted by Gasteiger charge is 2.30. The number of phosphoric acid groups is 2. The zero-order valence-electron chi connectivity index (χ0n) is 61.2. The lowest BCUT2D eigenvalue weighted by Crippen LogP contribution is -2.30. The number of allylic oxidation sites excluding steroid dienone is 20. The SMILES string of the molecule is CC/C=C\C/C=C\C/C=C\C/C=C\C/C=C\CCCC(=O)OCC(COP(=O)(O)OCC(O)COP(=O)(O)OCC(COC(=O)CCCCCCC/C=C\CCCCCCCC)OC(=O)CCCCCCC/C=C\CCCC)OC(=O)CCCCCCC/C=C\C/C=C\C/C=C\CC. The van der Waals surface area contributed by atoms with Crippen LogP contribution >= 0.6 is 15.6 Å². The smallest absolute Gasteiger partial charge is 0.462 e. The van der Waals surface area contributed by atoms with E-state index in [4.69, 9.17) is 37.0 Å². The van der Waals surface area contributed by atoms with Gasteiger partial charge in [-0.25, -0.2) is 9.13 Å². The van der Waals surface area contributed by atoms with Gasteiger partial charge in [0.2, 0.25) is 0 Å². The molecular weight excluding hydrogens is 1280 g/mol. The van der Waals surface area contributed by atoms with Crippen LogP contribution in [0.5, 0.6) is 0 Å². The zero-order chi connectivity index (χ0) is 71.8. The van der Waals surface area contributed by atoms with E-state index in [-0.39, 0.29) is 25.7 Å². The molecule has 3 N–H and O–H groups in total. The van der Waals surface area contributed by atoms with Gasteiger partial charge in [-0.1, -0.05) is 252 Å². The van der Waals surface area contributed by atoms with Crippen LogP contribution in [0.1, 0.15) is 297 Å². The highest BCUT2D eigenvalue weighted by atomic mass is 31.2. The highest BCUT2D eigenvalue weighted by molar-refractivity contribution is 7.47. The number of aliphatic hydroxyl groups is 1. The van der Waals surface area contributed by atoms with Gasteiger partial charge < -0.3 is 33.8 Å². The first kappa shape index (κ1) is 93.5. The van der Waals surface area contributed by atoms with Crippen LogP contribution in [0.4, 0.5) is 0 Å². The topological polar surface area (TPSA) is 237 Å². The van der Waals surface area contributed by atoms with E-state index in [1.54, 1.807) is 0 Å². The number of phosphoric ester groups is 2. The van der Waals surface area contributed by atoms with Gasteiger partial charge in [-0.15, -0.1) is 0 Å². The van der Waals surface area contributed by atoms with Crippen molar-refractivity contribution in [2.24, 2.45) is 0 Å². The minimum absolute atomic E-state index is 0.0604. The van der Waals surface area contributed by atoms with Gasteiger partial charge in [0.1, 0.15) is 19.3 Å². The summed E-state index contributed by atoms with van der Waals surface area (Å²) >= 11 is 0. The Bertz CT molecular complexity index is 2340. The fraction of sp³-hybridized carbons (Fsp3) is 0.696. The molecule has 0 saturated heterocycles. The third kappa shape index (κ3) is 69.9. The quantitative estimate of drug-likeness (QED) is 0.0169. The third-order valence-corrected chi connectivity index (χ3v) is 17.3. The Kier molecular flexibility index (Phi) is 67.6. The Morgan fingerprint density at radius 3 is 0.898 bits per heavy atom. The third-order valence-electron chi connectivity index (χ3n) is 15.4. The summed E-state index contributed by atoms with van der Waals surface area (Å²) in [6.07, 6.45) is 76.3. The summed E-state index contributed by atoms with van der Waals surface area (Å²) in [7, 11) is -9.97. The number of rotatable bonds is 70. The molecule has 0 saturated carbocycles. The lowest BCUT2D eigenvalue weighted by atomic mass is 10.1. The molecule has 0 bridgehead atoms. The second-order valence-corrected chi connectivity index (χ2v) is 27.7. The molecule has 0 amide bonds. The normalized spacial score (nSPS) is 14.6. The number of unbranched alkanes of at least 4 members (excludes halogenated alkanes) is 24. The minimum atomic E-state index is -4.99. The highest BCUT2D eigenvalue weighted by Crippen LogP contribution is 2.45. The average molecular weight is 1420 g/mol. The van der Waals surface area contributed by atoms with Crippen LogP contribution in [0.25, 0.3) is 0 Å². The van der Waals surface area contributed by atoms with E-state index in [0.717, 1.165) is 161 Å². The predicted octanol–water partition coefficient (Wildman–Crippen LogP) is 21.6. The van der Waals surface area contributed by atoms with Gasteiger partial charge in [-0.2, -0.15) is 0 Å². The summed E-state index contributed by atoms with van der Waals surface area (Å²) in [4.78, 5) is 72.8. The maximum atomic E-state index is 13.1. The lowest BCUT2D eigenvalue weighted by Gasteiger charge is -2.21. The molecule has 5 atom stereocenters. The molecule has 0 aromatic rings. The van der Waals surface area contributed by atoms with Crippen molar-refractivity contribution in [2.45, 2.75) is 316 Å². The molecule has 0 aromatic carbocycles. The summed E-state index contributed by atoms with van der Waals surface area (Å²) in [5.41, 5.74) is 0. The molecule has 19 heteroatoms. The Morgan fingerprint density at radius 2 is 0.551 bits per heavy atom. The van der Waals surface area contributed by atoms with Crippen LogP contribution in [-0.4, -0.2) is 96.7 Å². The second-order valence-electron chi connectivity index (χ2n) is 24.8. The number of esters is 4. The Morgan fingerprint density at radius 1 is 0.296 bits per heavy atom. The molecule has 0 aliphatic heterocycles. The first-order valence-corrected chi connectivity index (χ1v) is 40.8. The fourth-order valence-electron chi connectivity index (χ4n) is 9.66. The van der Waals surface area contributed by atoms with Crippen molar-refractivity contribution in [2.75, 3.05) is 39.6 Å². The van der Waals surface area contributed by atoms with Crippen molar-refractivity contribution in [3.63, 3.8) is 0 Å². The summed E-state index contributed by atoms with van der Waals surface area (Å²) in [5, 5.41) is 10.6. The van der Waals surface area contributed by atoms with Crippen molar-refractivity contribution in [3.05, 3.63) is 122 Å².